The van der Waals surface area contributed by atoms with Crippen molar-refractivity contribution in [3.63, 3.8) is 0 Å². The minimum absolute atomic E-state index is 0.283. The molecule has 0 bridgehead atoms. The van der Waals surface area contributed by atoms with E-state index in [9.17, 15) is 4.79 Å². The summed E-state index contributed by atoms with van der Waals surface area (Å²) in [7, 11) is 1.72. The van der Waals surface area contributed by atoms with Crippen molar-refractivity contribution in [3.05, 3.63) is 52.6 Å². The molecule has 0 aromatic heterocycles. The number of hydrogen-bond acceptors (Lipinski definition) is 3. The third-order valence-electron chi connectivity index (χ3n) is 7.26. The molecule has 0 radical (unpaired) electrons. The van der Waals surface area contributed by atoms with Crippen LogP contribution in [0.3, 0.4) is 0 Å². The molecule has 3 aliphatic rings. The summed E-state index contributed by atoms with van der Waals surface area (Å²) in [6.45, 7) is 7.17. The highest BCUT2D eigenvalue weighted by molar-refractivity contribution is 5.95. The van der Waals surface area contributed by atoms with E-state index in [0.29, 0.717) is 5.92 Å². The fourth-order valence-electron chi connectivity index (χ4n) is 5.48. The maximum absolute atomic E-state index is 13.3. The van der Waals surface area contributed by atoms with Crippen molar-refractivity contribution in [2.24, 2.45) is 5.92 Å². The molecule has 31 heavy (non-hydrogen) atoms. The highest BCUT2D eigenvalue weighted by Gasteiger charge is 2.28. The minimum atomic E-state index is 0.283. The largest absolute Gasteiger partial charge is 0.497 e. The Labute approximate surface area is 187 Å². The van der Waals surface area contributed by atoms with Gasteiger partial charge in [0, 0.05) is 31.8 Å². The highest BCUT2D eigenvalue weighted by Crippen LogP contribution is 2.36. The number of likely N-dealkylation sites (tertiary alicyclic amines) is 1. The van der Waals surface area contributed by atoms with Crippen molar-refractivity contribution in [1.82, 2.24) is 9.80 Å². The van der Waals surface area contributed by atoms with Crippen LogP contribution in [0.2, 0.25) is 0 Å². The summed E-state index contributed by atoms with van der Waals surface area (Å²) in [4.78, 5) is 17.9. The number of amides is 1. The van der Waals surface area contributed by atoms with E-state index in [4.69, 9.17) is 4.74 Å². The molecular weight excluding hydrogens is 384 g/mol. The van der Waals surface area contributed by atoms with Gasteiger partial charge in [0.1, 0.15) is 5.75 Å². The Kier molecular flexibility index (Phi) is 7.49. The van der Waals surface area contributed by atoms with Crippen LogP contribution < -0.4 is 4.74 Å². The molecule has 0 saturated carbocycles. The van der Waals surface area contributed by atoms with Gasteiger partial charge in [0.25, 0.3) is 0 Å². The number of carbonyl (C=O) groups excluding carboxylic acids is 1. The molecule has 1 aliphatic heterocycles. The zero-order valence-electron chi connectivity index (χ0n) is 19.4. The van der Waals surface area contributed by atoms with Gasteiger partial charge in [0.15, 0.2) is 0 Å². The summed E-state index contributed by atoms with van der Waals surface area (Å²) in [6, 6.07) is 8.40. The maximum atomic E-state index is 13.3. The molecule has 0 spiro atoms. The minimum Gasteiger partial charge on any atom is -0.497 e. The molecule has 4 heteroatoms. The van der Waals surface area contributed by atoms with Crippen molar-refractivity contribution < 1.29 is 9.53 Å². The van der Waals surface area contributed by atoms with Gasteiger partial charge in [-0.3, -0.25) is 4.79 Å². The molecule has 1 aromatic carbocycles. The van der Waals surface area contributed by atoms with Gasteiger partial charge >= 0.3 is 0 Å². The Hall–Kier alpha value is -2.07. The van der Waals surface area contributed by atoms with E-state index in [1.54, 1.807) is 7.11 Å². The average molecular weight is 423 g/mol. The van der Waals surface area contributed by atoms with Crippen LogP contribution in [-0.2, 0) is 11.2 Å². The van der Waals surface area contributed by atoms with Gasteiger partial charge in [-0.2, -0.15) is 0 Å². The van der Waals surface area contributed by atoms with Crippen LogP contribution in [-0.4, -0.2) is 55.5 Å². The predicted octanol–water partition coefficient (Wildman–Crippen LogP) is 5.00. The van der Waals surface area contributed by atoms with E-state index in [0.717, 1.165) is 50.3 Å². The molecule has 4 rings (SSSR count). The van der Waals surface area contributed by atoms with Crippen molar-refractivity contribution >= 4 is 5.91 Å². The zero-order chi connectivity index (χ0) is 21.6. The second kappa shape index (κ2) is 10.5. The number of likely N-dealkylation sites (N-methyl/N-ethyl adjacent to an activating group) is 1. The quantitative estimate of drug-likeness (QED) is 0.591. The van der Waals surface area contributed by atoms with Crippen molar-refractivity contribution in [3.8, 4) is 5.75 Å². The van der Waals surface area contributed by atoms with Gasteiger partial charge in [-0.25, -0.2) is 0 Å². The van der Waals surface area contributed by atoms with Gasteiger partial charge in [-0.05, 0) is 94.0 Å². The second-order valence-electron chi connectivity index (χ2n) is 9.44. The second-order valence-corrected chi connectivity index (χ2v) is 9.44. The SMILES string of the molecule is CCN(CC1CCCN(CCc2cccc(OC)c2)C1)C(=O)C1=CC2=C(CCCC2)C1. The molecule has 1 atom stereocenters. The fourth-order valence-corrected chi connectivity index (χ4v) is 5.48. The molecule has 0 N–H and O–H groups in total. The van der Waals surface area contributed by atoms with Gasteiger partial charge < -0.3 is 14.5 Å². The van der Waals surface area contributed by atoms with Gasteiger partial charge in [0.2, 0.25) is 5.91 Å². The number of rotatable bonds is 8. The van der Waals surface area contributed by atoms with E-state index < -0.39 is 0 Å². The van der Waals surface area contributed by atoms with Crippen LogP contribution in [0.1, 0.15) is 57.4 Å². The Morgan fingerprint density at radius 3 is 2.90 bits per heavy atom. The maximum Gasteiger partial charge on any atom is 0.250 e. The number of benzene rings is 1. The van der Waals surface area contributed by atoms with E-state index in [1.165, 1.54) is 61.8 Å². The smallest absolute Gasteiger partial charge is 0.250 e. The fraction of sp³-hybridized carbons (Fsp3) is 0.593. The summed E-state index contributed by atoms with van der Waals surface area (Å²) in [6.07, 6.45) is 11.6. The van der Waals surface area contributed by atoms with Crippen LogP contribution in [0.25, 0.3) is 0 Å². The zero-order valence-corrected chi connectivity index (χ0v) is 19.4. The summed E-state index contributed by atoms with van der Waals surface area (Å²) >= 11 is 0. The summed E-state index contributed by atoms with van der Waals surface area (Å²) in [5, 5.41) is 0. The molecule has 4 nitrogen and oxygen atoms in total. The number of allylic oxidation sites excluding steroid dienone is 3. The summed E-state index contributed by atoms with van der Waals surface area (Å²) < 4.78 is 5.36. The molecule has 1 amide bonds. The number of nitrogens with zero attached hydrogens (tertiary/aromatic N) is 2. The highest BCUT2D eigenvalue weighted by atomic mass is 16.5. The average Bonchev–Trinajstić information content (AvgIpc) is 3.25. The number of methoxy groups -OCH3 is 1. The number of hydrogen-bond donors (Lipinski definition) is 0. The summed E-state index contributed by atoms with van der Waals surface area (Å²) in [5.41, 5.74) is 5.37. The lowest BCUT2D eigenvalue weighted by Crippen LogP contribution is -2.43. The molecule has 1 heterocycles. The number of carbonyl (C=O) groups is 1. The molecule has 168 valence electrons. The number of piperidine rings is 1. The molecule has 1 aromatic rings. The van der Waals surface area contributed by atoms with Gasteiger partial charge in [-0.1, -0.05) is 23.8 Å². The van der Waals surface area contributed by atoms with Crippen molar-refractivity contribution in [2.75, 3.05) is 39.8 Å². The predicted molar refractivity (Wildman–Crippen MR) is 126 cm³/mol. The molecular formula is C27H38N2O2. The standard InChI is InChI=1S/C27H38N2O2/c1-3-29(27(30)25-17-23-10-4-5-11-24(23)18-25)20-22-9-7-14-28(19-22)15-13-21-8-6-12-26(16-21)31-2/h6,8,12,16-17,22H,3-5,7,9-11,13-15,18-20H2,1-2H3. The Bertz CT molecular complexity index is 841. The van der Waals surface area contributed by atoms with Crippen LogP contribution in [0, 0.1) is 5.92 Å². The van der Waals surface area contributed by atoms with E-state index in [-0.39, 0.29) is 5.91 Å². The third-order valence-corrected chi connectivity index (χ3v) is 7.26. The lowest BCUT2D eigenvalue weighted by Gasteiger charge is -2.35. The molecule has 1 unspecified atom stereocenters. The Morgan fingerprint density at radius 2 is 2.10 bits per heavy atom. The van der Waals surface area contributed by atoms with E-state index in [1.807, 2.05) is 6.07 Å². The lowest BCUT2D eigenvalue weighted by molar-refractivity contribution is -0.127. The van der Waals surface area contributed by atoms with Gasteiger partial charge in [-0.15, -0.1) is 0 Å². The first-order valence-corrected chi connectivity index (χ1v) is 12.2. The monoisotopic (exact) mass is 422 g/mol. The molecule has 1 saturated heterocycles. The number of ether oxygens (including phenoxy) is 1. The van der Waals surface area contributed by atoms with Crippen LogP contribution >= 0.6 is 0 Å². The Balaban J connectivity index is 1.29. The van der Waals surface area contributed by atoms with Crippen molar-refractivity contribution in [2.45, 2.75) is 58.3 Å². The van der Waals surface area contributed by atoms with E-state index >= 15 is 0 Å². The van der Waals surface area contributed by atoms with Crippen LogP contribution in [0.5, 0.6) is 5.75 Å². The molecule has 2 aliphatic carbocycles. The third kappa shape index (κ3) is 5.60. The summed E-state index contributed by atoms with van der Waals surface area (Å²) in [5.74, 6) is 1.79. The first kappa shape index (κ1) is 22.1. The van der Waals surface area contributed by atoms with Crippen LogP contribution in [0.15, 0.2) is 47.1 Å². The first-order chi connectivity index (χ1) is 15.2. The van der Waals surface area contributed by atoms with E-state index in [2.05, 4.69) is 41.0 Å². The lowest BCUT2D eigenvalue weighted by atomic mass is 9.93. The van der Waals surface area contributed by atoms with Gasteiger partial charge in [0.05, 0.1) is 7.11 Å². The van der Waals surface area contributed by atoms with Crippen LogP contribution in [0.4, 0.5) is 0 Å². The molecule has 1 fully saturated rings. The normalized spacial score (nSPS) is 21.6. The van der Waals surface area contributed by atoms with Crippen molar-refractivity contribution in [1.29, 1.82) is 0 Å². The topological polar surface area (TPSA) is 32.8 Å². The first-order valence-electron chi connectivity index (χ1n) is 12.2. The Morgan fingerprint density at radius 1 is 1.23 bits per heavy atom.